The van der Waals surface area contributed by atoms with Crippen molar-refractivity contribution in [3.05, 3.63) is 54.6 Å². The SMILES string of the molecule is c1ccc2cc3c(OC4CCCCC4)cccc3cc2c1. The summed E-state index contributed by atoms with van der Waals surface area (Å²) in [5.41, 5.74) is 0. The number of fused-ring (bicyclic) bond motifs is 2. The third-order valence-corrected chi connectivity index (χ3v) is 4.55. The molecule has 1 aliphatic carbocycles. The normalized spacial score (nSPS) is 16.4. The largest absolute Gasteiger partial charge is 0.490 e. The average Bonchev–Trinajstić information content (AvgIpc) is 2.54. The van der Waals surface area contributed by atoms with Gasteiger partial charge in [0.05, 0.1) is 6.10 Å². The molecule has 106 valence electrons. The van der Waals surface area contributed by atoms with Crippen LogP contribution in [0.1, 0.15) is 32.1 Å². The average molecular weight is 276 g/mol. The van der Waals surface area contributed by atoms with Gasteiger partial charge in [0.1, 0.15) is 5.75 Å². The molecule has 0 unspecified atom stereocenters. The zero-order chi connectivity index (χ0) is 14.1. The summed E-state index contributed by atoms with van der Waals surface area (Å²) >= 11 is 0. The Morgan fingerprint density at radius 1 is 0.714 bits per heavy atom. The summed E-state index contributed by atoms with van der Waals surface area (Å²) in [5, 5.41) is 5.08. The first-order chi connectivity index (χ1) is 10.4. The molecule has 3 aromatic carbocycles. The number of hydrogen-bond acceptors (Lipinski definition) is 1. The summed E-state index contributed by atoms with van der Waals surface area (Å²) in [6, 6.07) is 19.5. The Bertz CT molecular complexity index is 769. The smallest absolute Gasteiger partial charge is 0.127 e. The third kappa shape index (κ3) is 2.49. The van der Waals surface area contributed by atoms with Gasteiger partial charge in [0, 0.05) is 5.39 Å². The van der Waals surface area contributed by atoms with E-state index in [0.29, 0.717) is 6.10 Å². The molecule has 0 amide bonds. The van der Waals surface area contributed by atoms with Gasteiger partial charge < -0.3 is 4.74 Å². The number of rotatable bonds is 2. The summed E-state index contributed by atoms with van der Waals surface area (Å²) in [5.74, 6) is 1.05. The Morgan fingerprint density at radius 3 is 2.24 bits per heavy atom. The monoisotopic (exact) mass is 276 g/mol. The molecule has 4 rings (SSSR count). The molecule has 3 aromatic rings. The van der Waals surface area contributed by atoms with E-state index in [1.54, 1.807) is 0 Å². The quantitative estimate of drug-likeness (QED) is 0.545. The van der Waals surface area contributed by atoms with E-state index in [9.17, 15) is 0 Å². The molecule has 0 spiro atoms. The van der Waals surface area contributed by atoms with Crippen LogP contribution in [0.25, 0.3) is 21.5 Å². The van der Waals surface area contributed by atoms with E-state index in [-0.39, 0.29) is 0 Å². The molecular formula is C20H20O. The van der Waals surface area contributed by atoms with Gasteiger partial charge in [-0.3, -0.25) is 0 Å². The zero-order valence-electron chi connectivity index (χ0n) is 12.2. The lowest BCUT2D eigenvalue weighted by molar-refractivity contribution is 0.157. The van der Waals surface area contributed by atoms with Gasteiger partial charge in [-0.25, -0.2) is 0 Å². The van der Waals surface area contributed by atoms with Crippen molar-refractivity contribution in [3.63, 3.8) is 0 Å². The van der Waals surface area contributed by atoms with Crippen LogP contribution in [0.4, 0.5) is 0 Å². The van der Waals surface area contributed by atoms with E-state index >= 15 is 0 Å². The van der Waals surface area contributed by atoms with Crippen molar-refractivity contribution in [1.82, 2.24) is 0 Å². The van der Waals surface area contributed by atoms with Crippen molar-refractivity contribution >= 4 is 21.5 Å². The molecule has 0 aromatic heterocycles. The van der Waals surface area contributed by atoms with Crippen molar-refractivity contribution in [2.45, 2.75) is 38.2 Å². The first kappa shape index (κ1) is 12.7. The third-order valence-electron chi connectivity index (χ3n) is 4.55. The van der Waals surface area contributed by atoms with Crippen LogP contribution >= 0.6 is 0 Å². The number of ether oxygens (including phenoxy) is 1. The van der Waals surface area contributed by atoms with Crippen molar-refractivity contribution < 1.29 is 4.74 Å². The maximum absolute atomic E-state index is 6.32. The van der Waals surface area contributed by atoms with Crippen LogP contribution < -0.4 is 4.74 Å². The zero-order valence-corrected chi connectivity index (χ0v) is 12.2. The highest BCUT2D eigenvalue weighted by Crippen LogP contribution is 2.32. The molecule has 1 nitrogen and oxygen atoms in total. The highest BCUT2D eigenvalue weighted by atomic mass is 16.5. The molecule has 1 heteroatoms. The van der Waals surface area contributed by atoms with Crippen LogP contribution in [0.5, 0.6) is 5.75 Å². The molecule has 0 N–H and O–H groups in total. The molecule has 0 saturated heterocycles. The summed E-state index contributed by atoms with van der Waals surface area (Å²) in [6.07, 6.45) is 6.76. The van der Waals surface area contributed by atoms with Crippen molar-refractivity contribution in [2.24, 2.45) is 0 Å². The highest BCUT2D eigenvalue weighted by molar-refractivity contribution is 6.00. The Labute approximate surface area is 125 Å². The molecule has 0 aliphatic heterocycles. The fourth-order valence-electron chi connectivity index (χ4n) is 3.40. The van der Waals surface area contributed by atoms with Gasteiger partial charge in [0.25, 0.3) is 0 Å². The van der Waals surface area contributed by atoms with Crippen molar-refractivity contribution in [2.75, 3.05) is 0 Å². The van der Waals surface area contributed by atoms with E-state index in [2.05, 4.69) is 54.6 Å². The highest BCUT2D eigenvalue weighted by Gasteiger charge is 2.16. The minimum atomic E-state index is 0.399. The molecule has 21 heavy (non-hydrogen) atoms. The Kier molecular flexibility index (Phi) is 3.27. The molecule has 1 aliphatic rings. The van der Waals surface area contributed by atoms with E-state index in [1.807, 2.05) is 0 Å². The fraction of sp³-hybridized carbons (Fsp3) is 0.300. The molecule has 1 fully saturated rings. The Hall–Kier alpha value is -2.02. The topological polar surface area (TPSA) is 9.23 Å². The van der Waals surface area contributed by atoms with E-state index in [1.165, 1.54) is 53.6 Å². The van der Waals surface area contributed by atoms with Crippen molar-refractivity contribution in [3.8, 4) is 5.75 Å². The van der Waals surface area contributed by atoms with E-state index in [4.69, 9.17) is 4.74 Å². The summed E-state index contributed by atoms with van der Waals surface area (Å²) in [6.45, 7) is 0. The van der Waals surface area contributed by atoms with Gasteiger partial charge in [-0.15, -0.1) is 0 Å². The first-order valence-electron chi connectivity index (χ1n) is 7.98. The Morgan fingerprint density at radius 2 is 1.43 bits per heavy atom. The predicted octanol–water partition coefficient (Wildman–Crippen LogP) is 5.70. The van der Waals surface area contributed by atoms with Gasteiger partial charge in [-0.05, 0) is 60.0 Å². The van der Waals surface area contributed by atoms with Crippen LogP contribution in [0.2, 0.25) is 0 Å². The van der Waals surface area contributed by atoms with Crippen LogP contribution in [0, 0.1) is 0 Å². The summed E-state index contributed by atoms with van der Waals surface area (Å²) in [4.78, 5) is 0. The van der Waals surface area contributed by atoms with E-state index in [0.717, 1.165) is 5.75 Å². The summed E-state index contributed by atoms with van der Waals surface area (Å²) < 4.78 is 6.32. The molecule has 0 heterocycles. The van der Waals surface area contributed by atoms with Crippen LogP contribution in [0.3, 0.4) is 0 Å². The lowest BCUT2D eigenvalue weighted by Gasteiger charge is -2.23. The lowest BCUT2D eigenvalue weighted by atomic mass is 9.97. The molecule has 1 saturated carbocycles. The second kappa shape index (κ2) is 5.40. The number of benzene rings is 3. The lowest BCUT2D eigenvalue weighted by Crippen LogP contribution is -2.19. The molecule has 0 bridgehead atoms. The summed E-state index contributed by atoms with van der Waals surface area (Å²) in [7, 11) is 0. The maximum atomic E-state index is 6.32. The van der Waals surface area contributed by atoms with E-state index < -0.39 is 0 Å². The van der Waals surface area contributed by atoms with Crippen LogP contribution in [-0.2, 0) is 0 Å². The molecular weight excluding hydrogens is 256 g/mol. The molecule has 0 atom stereocenters. The van der Waals surface area contributed by atoms with Crippen LogP contribution in [0.15, 0.2) is 54.6 Å². The van der Waals surface area contributed by atoms with Gasteiger partial charge >= 0.3 is 0 Å². The second-order valence-electron chi connectivity index (χ2n) is 6.05. The minimum Gasteiger partial charge on any atom is -0.490 e. The maximum Gasteiger partial charge on any atom is 0.127 e. The minimum absolute atomic E-state index is 0.399. The van der Waals surface area contributed by atoms with Gasteiger partial charge in [0.2, 0.25) is 0 Å². The second-order valence-corrected chi connectivity index (χ2v) is 6.05. The molecule has 0 radical (unpaired) electrons. The standard InChI is InChI=1S/C20H20O/c1-2-10-18(11-3-1)21-20-12-6-9-17-13-15-7-4-5-8-16(15)14-19(17)20/h4-9,12-14,18H,1-3,10-11H2. The number of hydrogen-bond donors (Lipinski definition) is 0. The van der Waals surface area contributed by atoms with Crippen molar-refractivity contribution in [1.29, 1.82) is 0 Å². The van der Waals surface area contributed by atoms with Gasteiger partial charge in [0.15, 0.2) is 0 Å². The van der Waals surface area contributed by atoms with Crippen LogP contribution in [-0.4, -0.2) is 6.10 Å². The predicted molar refractivity (Wildman–Crippen MR) is 89.0 cm³/mol. The Balaban J connectivity index is 1.78. The fourth-order valence-corrected chi connectivity index (χ4v) is 3.40. The first-order valence-corrected chi connectivity index (χ1v) is 7.98. The van der Waals surface area contributed by atoms with Gasteiger partial charge in [-0.2, -0.15) is 0 Å². The van der Waals surface area contributed by atoms with Gasteiger partial charge in [-0.1, -0.05) is 42.8 Å².